The molecule has 0 N–H and O–H groups in total. The molecule has 0 aliphatic heterocycles. The molecule has 0 aromatic carbocycles. The molecule has 0 bridgehead atoms. The van der Waals surface area contributed by atoms with Gasteiger partial charge in [-0.15, -0.1) is 0 Å². The van der Waals surface area contributed by atoms with E-state index in [1.165, 1.54) is 128 Å². The van der Waals surface area contributed by atoms with Crippen LogP contribution in [0.15, 0.2) is 60.8 Å². The number of hydrogen-bond donors (Lipinski definition) is 0. The summed E-state index contributed by atoms with van der Waals surface area (Å²) in [6.45, 7) is 7.66. The second-order valence-electron chi connectivity index (χ2n) is 16.4. The summed E-state index contributed by atoms with van der Waals surface area (Å²) in [5.41, 5.74) is 0. The summed E-state index contributed by atoms with van der Waals surface area (Å²) in [5.74, 6) is -0.408. The maximum Gasteiger partial charge on any atom is 0.306 e. The van der Waals surface area contributed by atoms with E-state index in [0.717, 1.165) is 77.0 Å². The number of rotatable bonds is 45. The SMILES string of the molecule is CC/C=C\C/C=C\C/C=C\C/C=C\C/C=C\CCCCCCOCC(COC(=O)CCCCCCCCCCCCCCC)OC(=O)CCCCCCCCCCC. The highest BCUT2D eigenvalue weighted by Gasteiger charge is 2.17. The predicted octanol–water partition coefficient (Wildman–Crippen LogP) is 16.6. The number of unbranched alkanes of at least 4 members (excludes halogenated alkanes) is 24. The first kappa shape index (κ1) is 55.6. The Morgan fingerprint density at radius 2 is 0.776 bits per heavy atom. The van der Waals surface area contributed by atoms with Gasteiger partial charge in [0.1, 0.15) is 6.61 Å². The number of allylic oxidation sites excluding steroid dienone is 10. The van der Waals surface area contributed by atoms with E-state index in [1.807, 2.05) is 0 Å². The van der Waals surface area contributed by atoms with Gasteiger partial charge >= 0.3 is 11.9 Å². The molecule has 0 aliphatic rings. The third-order valence-electron chi connectivity index (χ3n) is 10.6. The van der Waals surface area contributed by atoms with Gasteiger partial charge in [0.25, 0.3) is 0 Å². The van der Waals surface area contributed by atoms with Gasteiger partial charge in [0.2, 0.25) is 0 Å². The molecule has 0 saturated heterocycles. The molecule has 0 saturated carbocycles. The average Bonchev–Trinajstić information content (AvgIpc) is 3.22. The molecule has 0 fully saturated rings. The molecule has 0 amide bonds. The third kappa shape index (κ3) is 46.3. The quantitative estimate of drug-likeness (QED) is 0.0348. The topological polar surface area (TPSA) is 61.8 Å². The molecule has 58 heavy (non-hydrogen) atoms. The van der Waals surface area contributed by atoms with Gasteiger partial charge in [-0.1, -0.05) is 223 Å². The van der Waals surface area contributed by atoms with Crippen LogP contribution in [0.3, 0.4) is 0 Å². The fourth-order valence-corrected chi connectivity index (χ4v) is 6.89. The van der Waals surface area contributed by atoms with Gasteiger partial charge < -0.3 is 14.2 Å². The number of carbonyl (C=O) groups is 2. The molecule has 5 nitrogen and oxygen atoms in total. The normalized spacial score (nSPS) is 12.7. The van der Waals surface area contributed by atoms with Gasteiger partial charge in [-0.05, 0) is 64.2 Å². The highest BCUT2D eigenvalue weighted by Crippen LogP contribution is 2.15. The molecule has 336 valence electrons. The summed E-state index contributed by atoms with van der Waals surface area (Å²) < 4.78 is 17.3. The van der Waals surface area contributed by atoms with E-state index in [9.17, 15) is 9.59 Å². The Labute approximate surface area is 360 Å². The van der Waals surface area contributed by atoms with E-state index in [-0.39, 0.29) is 25.2 Å². The fraction of sp³-hybridized carbons (Fsp3) is 0.774. The van der Waals surface area contributed by atoms with Crippen LogP contribution in [0.1, 0.15) is 239 Å². The molecule has 0 aromatic rings. The van der Waals surface area contributed by atoms with Crippen LogP contribution in [0.2, 0.25) is 0 Å². The second-order valence-corrected chi connectivity index (χ2v) is 16.4. The lowest BCUT2D eigenvalue weighted by Gasteiger charge is -2.18. The van der Waals surface area contributed by atoms with Gasteiger partial charge in [-0.25, -0.2) is 0 Å². The second kappa shape index (κ2) is 49.0. The minimum absolute atomic E-state index is 0.0774. The van der Waals surface area contributed by atoms with Crippen molar-refractivity contribution in [2.45, 2.75) is 245 Å². The summed E-state index contributed by atoms with van der Waals surface area (Å²) in [7, 11) is 0. The van der Waals surface area contributed by atoms with E-state index in [1.54, 1.807) is 0 Å². The van der Waals surface area contributed by atoms with Crippen LogP contribution in [-0.4, -0.2) is 37.9 Å². The van der Waals surface area contributed by atoms with Crippen LogP contribution in [0.5, 0.6) is 0 Å². The average molecular weight is 811 g/mol. The van der Waals surface area contributed by atoms with E-state index in [2.05, 4.69) is 81.5 Å². The molecule has 5 heteroatoms. The van der Waals surface area contributed by atoms with Crippen LogP contribution in [-0.2, 0) is 23.8 Å². The summed E-state index contributed by atoms with van der Waals surface area (Å²) in [4.78, 5) is 25.2. The lowest BCUT2D eigenvalue weighted by Crippen LogP contribution is -2.30. The largest absolute Gasteiger partial charge is 0.462 e. The molecule has 1 unspecified atom stereocenters. The van der Waals surface area contributed by atoms with Gasteiger partial charge in [0.05, 0.1) is 6.61 Å². The van der Waals surface area contributed by atoms with Crippen LogP contribution in [0.4, 0.5) is 0 Å². The third-order valence-corrected chi connectivity index (χ3v) is 10.6. The first-order valence-electron chi connectivity index (χ1n) is 24.8. The van der Waals surface area contributed by atoms with Crippen molar-refractivity contribution in [1.82, 2.24) is 0 Å². The Morgan fingerprint density at radius 3 is 1.24 bits per heavy atom. The maximum atomic E-state index is 12.7. The first-order valence-corrected chi connectivity index (χ1v) is 24.8. The zero-order valence-corrected chi connectivity index (χ0v) is 38.6. The minimum atomic E-state index is -0.544. The Kier molecular flexibility index (Phi) is 46.9. The van der Waals surface area contributed by atoms with E-state index < -0.39 is 6.10 Å². The molecule has 0 aromatic heterocycles. The Hall–Kier alpha value is -2.40. The highest BCUT2D eigenvalue weighted by molar-refractivity contribution is 5.70. The zero-order valence-electron chi connectivity index (χ0n) is 38.6. The molecular formula is C53H94O5. The molecular weight excluding hydrogens is 717 g/mol. The molecule has 1 atom stereocenters. The number of ether oxygens (including phenoxy) is 3. The zero-order chi connectivity index (χ0) is 42.1. The number of carbonyl (C=O) groups excluding carboxylic acids is 2. The molecule has 0 radical (unpaired) electrons. The Bertz CT molecular complexity index is 1010. The summed E-state index contributed by atoms with van der Waals surface area (Å²) in [6, 6.07) is 0. The van der Waals surface area contributed by atoms with Crippen LogP contribution in [0.25, 0.3) is 0 Å². The smallest absolute Gasteiger partial charge is 0.306 e. The van der Waals surface area contributed by atoms with Crippen LogP contribution >= 0.6 is 0 Å². The van der Waals surface area contributed by atoms with Gasteiger partial charge in [0, 0.05) is 19.4 Å². The van der Waals surface area contributed by atoms with E-state index in [4.69, 9.17) is 14.2 Å². The van der Waals surface area contributed by atoms with Crippen molar-refractivity contribution in [3.63, 3.8) is 0 Å². The van der Waals surface area contributed by atoms with Crippen molar-refractivity contribution >= 4 is 11.9 Å². The van der Waals surface area contributed by atoms with Gasteiger partial charge in [0.15, 0.2) is 6.10 Å². The Balaban J connectivity index is 4.23. The number of esters is 2. The van der Waals surface area contributed by atoms with Crippen LogP contribution in [0, 0.1) is 0 Å². The van der Waals surface area contributed by atoms with Crippen molar-refractivity contribution in [3.05, 3.63) is 60.8 Å². The molecule has 0 spiro atoms. The molecule has 0 rings (SSSR count). The molecule has 0 aliphatic carbocycles. The lowest BCUT2D eigenvalue weighted by atomic mass is 10.0. The fourth-order valence-electron chi connectivity index (χ4n) is 6.89. The van der Waals surface area contributed by atoms with Crippen molar-refractivity contribution < 1.29 is 23.8 Å². The summed E-state index contributed by atoms with van der Waals surface area (Å²) in [6.07, 6.45) is 60.8. The Morgan fingerprint density at radius 1 is 0.397 bits per heavy atom. The van der Waals surface area contributed by atoms with E-state index in [0.29, 0.717) is 19.4 Å². The first-order chi connectivity index (χ1) is 28.6. The van der Waals surface area contributed by atoms with Gasteiger partial charge in [-0.3, -0.25) is 9.59 Å². The maximum absolute atomic E-state index is 12.7. The van der Waals surface area contributed by atoms with Crippen LogP contribution < -0.4 is 0 Å². The lowest BCUT2D eigenvalue weighted by molar-refractivity contribution is -0.163. The van der Waals surface area contributed by atoms with Crippen molar-refractivity contribution in [1.29, 1.82) is 0 Å². The standard InChI is InChI=1S/C53H94O5/c1-4-7-10-13-16-19-21-23-24-25-26-27-28-29-31-33-36-39-42-45-48-56-49-51(58-53(55)47-44-41-38-34-18-15-12-9-6-3)50-57-52(54)46-43-40-37-35-32-30-22-20-17-14-11-8-5-2/h7,10,16,19,23-24,26-27,29,31,51H,4-6,8-9,11-15,17-18,20-22,25,28,30,32-50H2,1-3H3/b10-7-,19-16-,24-23-,27-26-,31-29-. The van der Waals surface area contributed by atoms with E-state index >= 15 is 0 Å². The van der Waals surface area contributed by atoms with Crippen molar-refractivity contribution in [2.24, 2.45) is 0 Å². The van der Waals surface area contributed by atoms with Crippen molar-refractivity contribution in [2.75, 3.05) is 19.8 Å². The van der Waals surface area contributed by atoms with Crippen molar-refractivity contribution in [3.8, 4) is 0 Å². The number of hydrogen-bond acceptors (Lipinski definition) is 5. The summed E-state index contributed by atoms with van der Waals surface area (Å²) in [5, 5.41) is 0. The minimum Gasteiger partial charge on any atom is -0.462 e. The monoisotopic (exact) mass is 811 g/mol. The predicted molar refractivity (Wildman–Crippen MR) is 251 cm³/mol. The molecule has 0 heterocycles. The van der Waals surface area contributed by atoms with Gasteiger partial charge in [-0.2, -0.15) is 0 Å². The highest BCUT2D eigenvalue weighted by atomic mass is 16.6. The summed E-state index contributed by atoms with van der Waals surface area (Å²) >= 11 is 0.